The summed E-state index contributed by atoms with van der Waals surface area (Å²) < 4.78 is 7.36. The normalized spacial score (nSPS) is 10.5. The zero-order valence-electron chi connectivity index (χ0n) is 15.8. The summed E-state index contributed by atoms with van der Waals surface area (Å²) in [6, 6.07) is 11.4. The highest BCUT2D eigenvalue weighted by Gasteiger charge is 2.16. The van der Waals surface area contributed by atoms with E-state index in [0.717, 1.165) is 11.1 Å². The third-order valence-corrected chi connectivity index (χ3v) is 4.04. The number of anilines is 1. The van der Waals surface area contributed by atoms with Gasteiger partial charge in [0.2, 0.25) is 0 Å². The van der Waals surface area contributed by atoms with Crippen molar-refractivity contribution in [2.45, 2.75) is 27.3 Å². The van der Waals surface area contributed by atoms with Gasteiger partial charge in [-0.2, -0.15) is 5.10 Å². The molecular weight excluding hydrogens is 360 g/mol. The molecule has 2 aromatic carbocycles. The van der Waals surface area contributed by atoms with E-state index in [1.165, 1.54) is 18.3 Å². The molecule has 1 aromatic heterocycles. The molecule has 8 heteroatoms. The van der Waals surface area contributed by atoms with Crippen LogP contribution >= 0.6 is 0 Å². The van der Waals surface area contributed by atoms with Crippen LogP contribution in [0.1, 0.15) is 28.5 Å². The van der Waals surface area contributed by atoms with Gasteiger partial charge in [-0.25, -0.2) is 0 Å². The molecule has 0 atom stereocenters. The van der Waals surface area contributed by atoms with Gasteiger partial charge in [-0.1, -0.05) is 6.07 Å². The first kappa shape index (κ1) is 19.1. The molecule has 0 spiro atoms. The van der Waals surface area contributed by atoms with Crippen molar-refractivity contribution in [1.29, 1.82) is 0 Å². The molecule has 1 amide bonds. The lowest BCUT2D eigenvalue weighted by molar-refractivity contribution is -0.384. The third kappa shape index (κ3) is 4.35. The van der Waals surface area contributed by atoms with Gasteiger partial charge in [0, 0.05) is 24.9 Å². The van der Waals surface area contributed by atoms with Crippen LogP contribution in [0, 0.1) is 24.0 Å². The lowest BCUT2D eigenvalue weighted by Gasteiger charge is -2.11. The SMILES string of the molecule is CCn1nccc1C(=O)Nc1cc(Oc2cc(C)cc(C)c2)cc([N+](=O)[O-])c1. The quantitative estimate of drug-likeness (QED) is 0.502. The molecule has 3 aromatic rings. The van der Waals surface area contributed by atoms with Gasteiger partial charge in [-0.05, 0) is 50.1 Å². The predicted octanol–water partition coefficient (Wildman–Crippen LogP) is 4.47. The maximum Gasteiger partial charge on any atom is 0.275 e. The van der Waals surface area contributed by atoms with Crippen molar-refractivity contribution < 1.29 is 14.5 Å². The van der Waals surface area contributed by atoms with Crippen LogP contribution < -0.4 is 10.1 Å². The van der Waals surface area contributed by atoms with Crippen molar-refractivity contribution in [2.75, 3.05) is 5.32 Å². The standard InChI is InChI=1S/C20H20N4O4/c1-4-23-19(5-6-21-23)20(25)22-15-10-16(24(26)27)12-18(11-15)28-17-8-13(2)7-14(3)9-17/h5-12H,4H2,1-3H3,(H,22,25). The Morgan fingerprint density at radius 2 is 1.82 bits per heavy atom. The molecule has 0 radical (unpaired) electrons. The number of nitrogens with zero attached hydrogens (tertiary/aromatic N) is 3. The molecule has 28 heavy (non-hydrogen) atoms. The van der Waals surface area contributed by atoms with Crippen LogP contribution in [0.2, 0.25) is 0 Å². The van der Waals surface area contributed by atoms with E-state index in [2.05, 4.69) is 10.4 Å². The molecule has 0 saturated carbocycles. The fourth-order valence-electron chi connectivity index (χ4n) is 2.92. The molecule has 0 aliphatic heterocycles. The second kappa shape index (κ2) is 7.91. The Morgan fingerprint density at radius 3 is 2.46 bits per heavy atom. The van der Waals surface area contributed by atoms with E-state index in [-0.39, 0.29) is 17.1 Å². The van der Waals surface area contributed by atoms with Crippen LogP contribution in [-0.2, 0) is 6.54 Å². The van der Waals surface area contributed by atoms with Crippen LogP contribution in [0.5, 0.6) is 11.5 Å². The highest BCUT2D eigenvalue weighted by atomic mass is 16.6. The topological polar surface area (TPSA) is 99.3 Å². The van der Waals surface area contributed by atoms with Gasteiger partial charge >= 0.3 is 0 Å². The van der Waals surface area contributed by atoms with Gasteiger partial charge in [0.1, 0.15) is 17.2 Å². The number of carbonyl (C=O) groups is 1. The van der Waals surface area contributed by atoms with Crippen molar-refractivity contribution in [1.82, 2.24) is 9.78 Å². The molecule has 3 rings (SSSR count). The Hall–Kier alpha value is -3.68. The molecular formula is C20H20N4O4. The molecule has 1 heterocycles. The Labute approximate surface area is 161 Å². The summed E-state index contributed by atoms with van der Waals surface area (Å²) in [7, 11) is 0. The maximum atomic E-state index is 12.5. The fraction of sp³-hybridized carbons (Fsp3) is 0.200. The molecule has 0 fully saturated rings. The van der Waals surface area contributed by atoms with Gasteiger partial charge in [0.05, 0.1) is 16.7 Å². The highest BCUT2D eigenvalue weighted by molar-refractivity contribution is 6.03. The van der Waals surface area contributed by atoms with Gasteiger partial charge in [-0.3, -0.25) is 19.6 Å². The number of benzene rings is 2. The van der Waals surface area contributed by atoms with Crippen LogP contribution in [-0.4, -0.2) is 20.6 Å². The molecule has 0 aliphatic rings. The van der Waals surface area contributed by atoms with E-state index >= 15 is 0 Å². The van der Waals surface area contributed by atoms with E-state index in [4.69, 9.17) is 4.74 Å². The summed E-state index contributed by atoms with van der Waals surface area (Å²) in [4.78, 5) is 23.3. The number of hydrogen-bond donors (Lipinski definition) is 1. The summed E-state index contributed by atoms with van der Waals surface area (Å²) >= 11 is 0. The summed E-state index contributed by atoms with van der Waals surface area (Å²) in [6.45, 7) is 6.28. The monoisotopic (exact) mass is 380 g/mol. The average Bonchev–Trinajstić information content (AvgIpc) is 3.09. The Balaban J connectivity index is 1.91. The summed E-state index contributed by atoms with van der Waals surface area (Å²) in [6.07, 6.45) is 1.53. The van der Waals surface area contributed by atoms with Gasteiger partial charge in [0.15, 0.2) is 0 Å². The summed E-state index contributed by atoms with van der Waals surface area (Å²) in [5.41, 5.74) is 2.48. The van der Waals surface area contributed by atoms with E-state index < -0.39 is 10.8 Å². The van der Waals surface area contributed by atoms with Crippen molar-refractivity contribution in [3.05, 3.63) is 75.6 Å². The van der Waals surface area contributed by atoms with Gasteiger partial charge < -0.3 is 10.1 Å². The van der Waals surface area contributed by atoms with Gasteiger partial charge in [-0.15, -0.1) is 0 Å². The zero-order chi connectivity index (χ0) is 20.3. The number of carbonyl (C=O) groups excluding carboxylic acids is 1. The number of nitro groups is 1. The van der Waals surface area contributed by atoms with Crippen LogP contribution in [0.3, 0.4) is 0 Å². The highest BCUT2D eigenvalue weighted by Crippen LogP contribution is 2.30. The van der Waals surface area contributed by atoms with E-state index in [1.54, 1.807) is 16.8 Å². The van der Waals surface area contributed by atoms with E-state index in [9.17, 15) is 14.9 Å². The fourth-order valence-corrected chi connectivity index (χ4v) is 2.92. The number of non-ortho nitro benzene ring substituents is 1. The number of hydrogen-bond acceptors (Lipinski definition) is 5. The van der Waals surface area contributed by atoms with Crippen molar-refractivity contribution in [3.63, 3.8) is 0 Å². The second-order valence-electron chi connectivity index (χ2n) is 6.38. The number of rotatable bonds is 6. The minimum atomic E-state index is -0.527. The number of ether oxygens (including phenoxy) is 1. The lowest BCUT2D eigenvalue weighted by atomic mass is 10.1. The first-order valence-electron chi connectivity index (χ1n) is 8.74. The molecule has 144 valence electrons. The molecule has 0 saturated heterocycles. The van der Waals surface area contributed by atoms with Crippen molar-refractivity contribution in [3.8, 4) is 11.5 Å². The van der Waals surface area contributed by atoms with E-state index in [0.29, 0.717) is 18.0 Å². The number of nitrogens with one attached hydrogen (secondary N) is 1. The Bertz CT molecular complexity index is 1020. The van der Waals surface area contributed by atoms with Crippen molar-refractivity contribution >= 4 is 17.3 Å². The molecule has 0 unspecified atom stereocenters. The summed E-state index contributed by atoms with van der Waals surface area (Å²) in [5, 5.41) is 18.0. The van der Waals surface area contributed by atoms with Crippen molar-refractivity contribution in [2.24, 2.45) is 0 Å². The lowest BCUT2D eigenvalue weighted by Crippen LogP contribution is -2.17. The largest absolute Gasteiger partial charge is 0.457 e. The average molecular weight is 380 g/mol. The molecule has 0 aliphatic carbocycles. The minimum absolute atomic E-state index is 0.179. The van der Waals surface area contributed by atoms with Crippen LogP contribution in [0.4, 0.5) is 11.4 Å². The Morgan fingerprint density at radius 1 is 1.14 bits per heavy atom. The predicted molar refractivity (Wildman–Crippen MR) is 105 cm³/mol. The second-order valence-corrected chi connectivity index (χ2v) is 6.38. The number of amides is 1. The third-order valence-electron chi connectivity index (χ3n) is 4.04. The number of aromatic nitrogens is 2. The first-order chi connectivity index (χ1) is 13.4. The summed E-state index contributed by atoms with van der Waals surface area (Å²) in [5.74, 6) is 0.426. The molecule has 1 N–H and O–H groups in total. The molecule has 8 nitrogen and oxygen atoms in total. The molecule has 0 bridgehead atoms. The van der Waals surface area contributed by atoms with Gasteiger partial charge in [0.25, 0.3) is 11.6 Å². The van der Waals surface area contributed by atoms with E-state index in [1.807, 2.05) is 39.0 Å². The first-order valence-corrected chi connectivity index (χ1v) is 8.74. The zero-order valence-corrected chi connectivity index (χ0v) is 15.8. The Kier molecular flexibility index (Phi) is 5.39. The number of aryl methyl sites for hydroxylation is 3. The minimum Gasteiger partial charge on any atom is -0.457 e. The van der Waals surface area contributed by atoms with Crippen LogP contribution in [0.25, 0.3) is 0 Å². The maximum absolute atomic E-state index is 12.5. The number of nitro benzene ring substituents is 1. The van der Waals surface area contributed by atoms with Crippen LogP contribution in [0.15, 0.2) is 48.7 Å². The smallest absolute Gasteiger partial charge is 0.275 e.